The number of nitrogens with two attached hydrogens (primary N) is 3. The number of nitrogens with zero attached hydrogens (tertiary/aromatic N) is 3. The average molecular weight is 665 g/mol. The van der Waals surface area contributed by atoms with Crippen LogP contribution in [0.15, 0.2) is 4.99 Å². The third-order valence-corrected chi connectivity index (χ3v) is 8.60. The van der Waals surface area contributed by atoms with Gasteiger partial charge in [0.25, 0.3) is 0 Å². The van der Waals surface area contributed by atoms with Crippen LogP contribution in [0.4, 0.5) is 0 Å². The highest BCUT2D eigenvalue weighted by molar-refractivity contribution is 5.97. The van der Waals surface area contributed by atoms with Crippen LogP contribution in [-0.2, 0) is 28.8 Å². The van der Waals surface area contributed by atoms with E-state index in [0.29, 0.717) is 51.6 Å². The van der Waals surface area contributed by atoms with Crippen LogP contribution in [0.2, 0.25) is 0 Å². The van der Waals surface area contributed by atoms with Crippen molar-refractivity contribution in [2.75, 3.05) is 26.7 Å². The monoisotopic (exact) mass is 664 g/mol. The van der Waals surface area contributed by atoms with E-state index in [4.69, 9.17) is 17.2 Å². The minimum absolute atomic E-state index is 0.0179. The maximum Gasteiger partial charge on any atom is 0.246 e. The van der Waals surface area contributed by atoms with Gasteiger partial charge in [-0.1, -0.05) is 27.7 Å². The predicted molar refractivity (Wildman–Crippen MR) is 177 cm³/mol. The van der Waals surface area contributed by atoms with Gasteiger partial charge in [-0.15, -0.1) is 0 Å². The lowest BCUT2D eigenvalue weighted by Crippen LogP contribution is -2.59. The highest BCUT2D eigenvalue weighted by Gasteiger charge is 2.44. The summed E-state index contributed by atoms with van der Waals surface area (Å²) >= 11 is 0. The van der Waals surface area contributed by atoms with E-state index in [1.54, 1.807) is 7.05 Å². The van der Waals surface area contributed by atoms with Gasteiger partial charge in [0.1, 0.15) is 30.2 Å². The number of nitrogens with one attached hydrogen (secondary N) is 4. The van der Waals surface area contributed by atoms with Crippen LogP contribution in [0.25, 0.3) is 0 Å². The molecule has 2 aliphatic heterocycles. The van der Waals surface area contributed by atoms with Crippen molar-refractivity contribution in [3.8, 4) is 0 Å². The molecule has 6 atom stereocenters. The first-order chi connectivity index (χ1) is 22.1. The number of likely N-dealkylation sites (tertiary alicyclic amines) is 2. The highest BCUT2D eigenvalue weighted by atomic mass is 16.2. The Labute approximate surface area is 277 Å². The number of amides is 6. The summed E-state index contributed by atoms with van der Waals surface area (Å²) in [6, 6.07) is -4.93. The summed E-state index contributed by atoms with van der Waals surface area (Å²) in [5.74, 6) is -2.79. The molecule has 6 amide bonds. The summed E-state index contributed by atoms with van der Waals surface area (Å²) in [6.45, 7) is 9.98. The van der Waals surface area contributed by atoms with Gasteiger partial charge in [-0.25, -0.2) is 0 Å². The Balaban J connectivity index is 2.21. The zero-order chi connectivity index (χ0) is 35.4. The Morgan fingerprint density at radius 1 is 0.809 bits per heavy atom. The fourth-order valence-electron chi connectivity index (χ4n) is 6.16. The quantitative estimate of drug-likeness (QED) is 0.0530. The first kappa shape index (κ1) is 39.2. The summed E-state index contributed by atoms with van der Waals surface area (Å²) in [5.41, 5.74) is 16.4. The largest absolute Gasteiger partial charge is 0.370 e. The number of hydrogen-bond donors (Lipinski definition) is 7. The smallest absolute Gasteiger partial charge is 0.246 e. The molecule has 47 heavy (non-hydrogen) atoms. The zero-order valence-electron chi connectivity index (χ0n) is 28.7. The fraction of sp³-hybridized carbons (Fsp3) is 0.774. The molecule has 0 radical (unpaired) electrons. The highest BCUT2D eigenvalue weighted by Crippen LogP contribution is 2.26. The molecular weight excluding hydrogens is 608 g/mol. The van der Waals surface area contributed by atoms with Crippen LogP contribution in [0.1, 0.15) is 79.6 Å². The number of carbonyl (C=O) groups is 6. The van der Waals surface area contributed by atoms with Gasteiger partial charge in [-0.2, -0.15) is 0 Å². The molecule has 2 aliphatic rings. The van der Waals surface area contributed by atoms with Crippen LogP contribution >= 0.6 is 0 Å². The van der Waals surface area contributed by atoms with Crippen LogP contribution in [0, 0.1) is 11.8 Å². The van der Waals surface area contributed by atoms with Gasteiger partial charge in [0.15, 0.2) is 5.96 Å². The molecule has 0 saturated carbocycles. The molecule has 0 spiro atoms. The van der Waals surface area contributed by atoms with Gasteiger partial charge in [-0.05, 0) is 70.8 Å². The summed E-state index contributed by atoms with van der Waals surface area (Å²) in [7, 11) is 1.66. The second-order valence-corrected chi connectivity index (χ2v) is 13.2. The first-order valence-electron chi connectivity index (χ1n) is 16.6. The molecule has 2 fully saturated rings. The van der Waals surface area contributed by atoms with E-state index >= 15 is 0 Å². The molecular formula is C31H56N10O6. The lowest BCUT2D eigenvalue weighted by molar-refractivity contribution is -0.148. The molecule has 10 N–H and O–H groups in total. The standard InChI is InChI=1S/C31H56N10O6/c1-17(2)16-21(25(32)42)39-27(44)22-11-8-14-40(22)30(47)23-12-9-15-41(23)29(46)20(10-7-13-36-31(33)34)38-26(43)19(5)37-28(45)24(35-6)18(3)4/h17-24,35H,7-16H2,1-6H3,(H2,32,42)(H,37,45)(H,38,43)(H,39,44)(H4,33,34,36)/t19-,20-,21-,22?,23?,24-/m0/s1. The van der Waals surface area contributed by atoms with E-state index in [9.17, 15) is 28.8 Å². The molecule has 0 aromatic carbocycles. The van der Waals surface area contributed by atoms with Crippen LogP contribution in [0.5, 0.6) is 0 Å². The van der Waals surface area contributed by atoms with E-state index in [0.717, 1.165) is 0 Å². The van der Waals surface area contributed by atoms with Gasteiger partial charge < -0.3 is 48.3 Å². The van der Waals surface area contributed by atoms with E-state index in [2.05, 4.69) is 26.3 Å². The molecule has 266 valence electrons. The Kier molecular flexibility index (Phi) is 15.4. The number of hydrogen-bond acceptors (Lipinski definition) is 8. The number of primary amides is 1. The Morgan fingerprint density at radius 3 is 1.98 bits per heavy atom. The third kappa shape index (κ3) is 11.4. The second kappa shape index (κ2) is 18.4. The minimum atomic E-state index is -1.01. The van der Waals surface area contributed by atoms with E-state index in [-0.39, 0.29) is 42.6 Å². The van der Waals surface area contributed by atoms with Crippen molar-refractivity contribution in [3.63, 3.8) is 0 Å². The molecule has 16 heteroatoms. The SMILES string of the molecule is CN[C@H](C(=O)N[C@@H](C)C(=O)N[C@@H](CCCN=C(N)N)C(=O)N1CCCC1C(=O)N1CCCC1C(=O)N[C@@H](CC(C)C)C(N)=O)C(C)C. The van der Waals surface area contributed by atoms with Crippen LogP contribution in [-0.4, -0.2) is 114 Å². The average Bonchev–Trinajstić information content (AvgIpc) is 3.68. The zero-order valence-corrected chi connectivity index (χ0v) is 28.7. The Hall–Kier alpha value is -3.95. The number of likely N-dealkylation sites (N-methyl/N-ethyl adjacent to an activating group) is 1. The molecule has 0 aromatic heterocycles. The molecule has 2 rings (SSSR count). The predicted octanol–water partition coefficient (Wildman–Crippen LogP) is -1.73. The number of rotatable bonds is 17. The van der Waals surface area contributed by atoms with Gasteiger partial charge in [-0.3, -0.25) is 33.8 Å². The Bertz CT molecular complexity index is 1160. The molecule has 2 unspecified atom stereocenters. The van der Waals surface area contributed by atoms with Crippen molar-refractivity contribution in [1.82, 2.24) is 31.1 Å². The number of carbonyl (C=O) groups excluding carboxylic acids is 6. The Morgan fingerprint density at radius 2 is 1.43 bits per heavy atom. The summed E-state index contributed by atoms with van der Waals surface area (Å²) < 4.78 is 0. The van der Waals surface area contributed by atoms with E-state index in [1.165, 1.54) is 16.7 Å². The van der Waals surface area contributed by atoms with Crippen molar-refractivity contribution in [1.29, 1.82) is 0 Å². The molecule has 0 bridgehead atoms. The lowest BCUT2D eigenvalue weighted by atomic mass is 10.0. The van der Waals surface area contributed by atoms with E-state index in [1.807, 2.05) is 27.7 Å². The summed E-state index contributed by atoms with van der Waals surface area (Å²) in [5, 5.41) is 11.1. The number of aliphatic imine (C=N–C) groups is 1. The third-order valence-electron chi connectivity index (χ3n) is 8.60. The van der Waals surface area contributed by atoms with Crippen molar-refractivity contribution in [3.05, 3.63) is 0 Å². The maximum atomic E-state index is 14.0. The first-order valence-corrected chi connectivity index (χ1v) is 16.6. The summed E-state index contributed by atoms with van der Waals surface area (Å²) in [6.07, 6.45) is 2.89. The maximum absolute atomic E-state index is 14.0. The minimum Gasteiger partial charge on any atom is -0.370 e. The summed E-state index contributed by atoms with van der Waals surface area (Å²) in [4.78, 5) is 86.0. The molecule has 16 nitrogen and oxygen atoms in total. The van der Waals surface area contributed by atoms with Gasteiger partial charge in [0.2, 0.25) is 35.4 Å². The van der Waals surface area contributed by atoms with Crippen LogP contribution < -0.4 is 38.5 Å². The molecule has 2 heterocycles. The van der Waals surface area contributed by atoms with Crippen molar-refractivity contribution >= 4 is 41.4 Å². The van der Waals surface area contributed by atoms with Crippen molar-refractivity contribution in [2.45, 2.75) is 116 Å². The van der Waals surface area contributed by atoms with E-state index < -0.39 is 59.9 Å². The van der Waals surface area contributed by atoms with Gasteiger partial charge in [0, 0.05) is 19.6 Å². The van der Waals surface area contributed by atoms with Gasteiger partial charge in [0.05, 0.1) is 6.04 Å². The molecule has 2 saturated heterocycles. The topological polar surface area (TPSA) is 247 Å². The second-order valence-electron chi connectivity index (χ2n) is 13.2. The van der Waals surface area contributed by atoms with Gasteiger partial charge >= 0.3 is 0 Å². The molecule has 0 aliphatic carbocycles. The van der Waals surface area contributed by atoms with Crippen LogP contribution in [0.3, 0.4) is 0 Å². The fourth-order valence-corrected chi connectivity index (χ4v) is 6.16. The van der Waals surface area contributed by atoms with Crippen molar-refractivity contribution < 1.29 is 28.8 Å². The molecule has 0 aromatic rings. The normalized spacial score (nSPS) is 20.3. The number of guanidine groups is 1. The van der Waals surface area contributed by atoms with Crippen molar-refractivity contribution in [2.24, 2.45) is 34.0 Å². The lowest BCUT2D eigenvalue weighted by Gasteiger charge is -2.33.